The fourth-order valence-electron chi connectivity index (χ4n) is 0.487. The third-order valence-corrected chi connectivity index (χ3v) is 1.65. The lowest BCUT2D eigenvalue weighted by molar-refractivity contribution is 0.455. The normalized spacial score (nSPS) is 14.1. The first-order valence-corrected chi connectivity index (χ1v) is 3.22. The molecule has 0 aromatic heterocycles. The Kier molecular flexibility index (Phi) is 3.97. The minimum Gasteiger partial charge on any atom is -0.374 e. The second-order valence-electron chi connectivity index (χ2n) is 2.69. The van der Waals surface area contributed by atoms with E-state index >= 15 is 0 Å². The Morgan fingerprint density at radius 2 is 1.88 bits per heavy atom. The molecule has 0 saturated carbocycles. The molecule has 0 amide bonds. The second kappa shape index (κ2) is 3.96. The molecule has 2 heteroatoms. The van der Waals surface area contributed by atoms with Crippen molar-refractivity contribution in [3.05, 3.63) is 0 Å². The van der Waals surface area contributed by atoms with Crippen LogP contribution in [0.15, 0.2) is 0 Å². The Morgan fingerprint density at radius 3 is 2.00 bits per heavy atom. The van der Waals surface area contributed by atoms with Gasteiger partial charge < -0.3 is 5.64 Å². The molecule has 0 aromatic rings. The SMILES string of the molecule is CC(C)C(C)C[B]N. The van der Waals surface area contributed by atoms with E-state index in [1.54, 1.807) is 7.41 Å². The zero-order chi connectivity index (χ0) is 6.57. The Bertz CT molecular complexity index is 54.5. The van der Waals surface area contributed by atoms with Gasteiger partial charge in [0, 0.05) is 0 Å². The molecule has 0 saturated heterocycles. The maximum atomic E-state index is 5.24. The van der Waals surface area contributed by atoms with Gasteiger partial charge in [0.2, 0.25) is 7.41 Å². The highest BCUT2D eigenvalue weighted by atomic mass is 14.4. The Hall–Kier alpha value is 0.0249. The van der Waals surface area contributed by atoms with E-state index in [0.29, 0.717) is 0 Å². The highest BCUT2D eigenvalue weighted by Gasteiger charge is 2.04. The fraction of sp³-hybridized carbons (Fsp3) is 1.00. The maximum Gasteiger partial charge on any atom is 0.202 e. The molecule has 0 spiro atoms. The lowest BCUT2D eigenvalue weighted by Crippen LogP contribution is -2.12. The first kappa shape index (κ1) is 8.02. The quantitative estimate of drug-likeness (QED) is 0.546. The second-order valence-corrected chi connectivity index (χ2v) is 2.69. The summed E-state index contributed by atoms with van der Waals surface area (Å²) in [7, 11) is 1.74. The molecular weight excluding hydrogens is 96.9 g/mol. The van der Waals surface area contributed by atoms with Crippen molar-refractivity contribution in [2.75, 3.05) is 0 Å². The molecule has 8 heavy (non-hydrogen) atoms. The topological polar surface area (TPSA) is 26.0 Å². The van der Waals surface area contributed by atoms with Crippen molar-refractivity contribution < 1.29 is 0 Å². The average Bonchev–Trinajstić information content (AvgIpc) is 1.67. The number of hydrogen-bond acceptors (Lipinski definition) is 1. The molecule has 0 rings (SSSR count). The van der Waals surface area contributed by atoms with Crippen molar-refractivity contribution in [1.82, 2.24) is 0 Å². The highest BCUT2D eigenvalue weighted by molar-refractivity contribution is 6.30. The third kappa shape index (κ3) is 3.08. The van der Waals surface area contributed by atoms with Crippen LogP contribution < -0.4 is 5.64 Å². The van der Waals surface area contributed by atoms with E-state index in [9.17, 15) is 0 Å². The number of nitrogens with two attached hydrogens (primary N) is 1. The molecule has 1 nitrogen and oxygen atoms in total. The van der Waals surface area contributed by atoms with Crippen LogP contribution in [-0.4, -0.2) is 7.41 Å². The molecule has 47 valence electrons. The summed E-state index contributed by atoms with van der Waals surface area (Å²) in [5.74, 6) is 1.50. The van der Waals surface area contributed by atoms with E-state index in [-0.39, 0.29) is 0 Å². The van der Waals surface area contributed by atoms with Gasteiger partial charge in [-0.15, -0.1) is 0 Å². The van der Waals surface area contributed by atoms with Crippen LogP contribution in [0.4, 0.5) is 0 Å². The maximum absolute atomic E-state index is 5.24. The summed E-state index contributed by atoms with van der Waals surface area (Å²) in [6.07, 6.45) is 1.04. The summed E-state index contributed by atoms with van der Waals surface area (Å²) >= 11 is 0. The van der Waals surface area contributed by atoms with Gasteiger partial charge in [-0.3, -0.25) is 0 Å². The van der Waals surface area contributed by atoms with Crippen molar-refractivity contribution in [2.45, 2.75) is 27.1 Å². The van der Waals surface area contributed by atoms with E-state index in [2.05, 4.69) is 20.8 Å². The standard InChI is InChI=1S/C6H15BN/c1-5(2)6(3)4-7-8/h5-6H,4,8H2,1-3H3. The smallest absolute Gasteiger partial charge is 0.202 e. The van der Waals surface area contributed by atoms with E-state index < -0.39 is 0 Å². The Balaban J connectivity index is 3.17. The lowest BCUT2D eigenvalue weighted by Gasteiger charge is -2.12. The van der Waals surface area contributed by atoms with E-state index in [0.717, 1.165) is 18.2 Å². The van der Waals surface area contributed by atoms with Gasteiger partial charge in [-0.25, -0.2) is 0 Å². The molecule has 0 aliphatic rings. The molecule has 0 aliphatic carbocycles. The minimum absolute atomic E-state index is 0.736. The molecule has 1 atom stereocenters. The number of rotatable bonds is 3. The minimum atomic E-state index is 0.736. The van der Waals surface area contributed by atoms with Crippen molar-refractivity contribution in [3.63, 3.8) is 0 Å². The van der Waals surface area contributed by atoms with Crippen LogP contribution in [0.5, 0.6) is 0 Å². The monoisotopic (exact) mass is 112 g/mol. The van der Waals surface area contributed by atoms with Crippen molar-refractivity contribution in [2.24, 2.45) is 17.5 Å². The van der Waals surface area contributed by atoms with E-state index in [4.69, 9.17) is 5.64 Å². The van der Waals surface area contributed by atoms with Crippen molar-refractivity contribution in [1.29, 1.82) is 0 Å². The van der Waals surface area contributed by atoms with Crippen LogP contribution in [0, 0.1) is 11.8 Å². The van der Waals surface area contributed by atoms with Gasteiger partial charge in [-0.05, 0) is 11.8 Å². The first-order chi connectivity index (χ1) is 3.68. The zero-order valence-electron chi connectivity index (χ0n) is 6.02. The zero-order valence-corrected chi connectivity index (χ0v) is 6.02. The fourth-order valence-corrected chi connectivity index (χ4v) is 0.487. The predicted octanol–water partition coefficient (Wildman–Crippen LogP) is 1.27. The predicted molar refractivity (Wildman–Crippen MR) is 38.8 cm³/mol. The first-order valence-electron chi connectivity index (χ1n) is 3.22. The molecule has 2 N–H and O–H groups in total. The van der Waals surface area contributed by atoms with Crippen LogP contribution >= 0.6 is 0 Å². The molecular formula is C6H15BN. The van der Waals surface area contributed by atoms with Gasteiger partial charge in [-0.2, -0.15) is 0 Å². The molecule has 0 heterocycles. The van der Waals surface area contributed by atoms with E-state index in [1.807, 2.05) is 0 Å². The molecule has 0 aromatic carbocycles. The summed E-state index contributed by atoms with van der Waals surface area (Å²) in [4.78, 5) is 0. The van der Waals surface area contributed by atoms with Crippen LogP contribution in [0.2, 0.25) is 6.32 Å². The van der Waals surface area contributed by atoms with Crippen LogP contribution in [0.3, 0.4) is 0 Å². The van der Waals surface area contributed by atoms with Crippen molar-refractivity contribution in [3.8, 4) is 0 Å². The van der Waals surface area contributed by atoms with E-state index in [1.165, 1.54) is 0 Å². The largest absolute Gasteiger partial charge is 0.374 e. The molecule has 0 fully saturated rings. The van der Waals surface area contributed by atoms with Crippen LogP contribution in [0.25, 0.3) is 0 Å². The summed E-state index contributed by atoms with van der Waals surface area (Å²) in [6, 6.07) is 0. The van der Waals surface area contributed by atoms with Gasteiger partial charge in [0.25, 0.3) is 0 Å². The summed E-state index contributed by atoms with van der Waals surface area (Å²) in [5.41, 5.74) is 5.24. The van der Waals surface area contributed by atoms with Gasteiger partial charge in [0.1, 0.15) is 0 Å². The summed E-state index contributed by atoms with van der Waals surface area (Å²) in [5, 5.41) is 0. The molecule has 1 unspecified atom stereocenters. The lowest BCUT2D eigenvalue weighted by atomic mass is 9.78. The molecule has 1 radical (unpaired) electrons. The summed E-state index contributed by atoms with van der Waals surface area (Å²) < 4.78 is 0. The highest BCUT2D eigenvalue weighted by Crippen LogP contribution is 2.12. The van der Waals surface area contributed by atoms with Crippen LogP contribution in [-0.2, 0) is 0 Å². The Labute approximate surface area is 52.9 Å². The number of hydrogen-bond donors (Lipinski definition) is 1. The third-order valence-electron chi connectivity index (χ3n) is 1.65. The van der Waals surface area contributed by atoms with Gasteiger partial charge >= 0.3 is 0 Å². The average molecular weight is 112 g/mol. The van der Waals surface area contributed by atoms with Gasteiger partial charge in [0.15, 0.2) is 0 Å². The van der Waals surface area contributed by atoms with Gasteiger partial charge in [0.05, 0.1) is 0 Å². The molecule has 0 aliphatic heterocycles. The molecule has 0 bridgehead atoms. The van der Waals surface area contributed by atoms with Gasteiger partial charge in [-0.1, -0.05) is 27.1 Å². The van der Waals surface area contributed by atoms with Crippen molar-refractivity contribution >= 4 is 7.41 Å². The summed E-state index contributed by atoms with van der Waals surface area (Å²) in [6.45, 7) is 6.65. The van der Waals surface area contributed by atoms with Crippen LogP contribution in [0.1, 0.15) is 20.8 Å². The Morgan fingerprint density at radius 1 is 1.38 bits per heavy atom.